The monoisotopic (exact) mass is 1400 g/mol. The first-order chi connectivity index (χ1) is 43.9. The van der Waals surface area contributed by atoms with Gasteiger partial charge in [0.1, 0.15) is 39.0 Å². The quantitative estimate of drug-likeness (QED) is 0.0486. The molecule has 0 aliphatic carbocycles. The minimum Gasteiger partial charge on any atom is -0.378 e. The Labute approximate surface area is 542 Å². The molecule has 1 N–H and O–H groups in total. The van der Waals surface area contributed by atoms with Crippen LogP contribution in [0.15, 0.2) is 182 Å². The van der Waals surface area contributed by atoms with Gasteiger partial charge in [-0.25, -0.2) is 26.8 Å². The molecule has 0 saturated carbocycles. The van der Waals surface area contributed by atoms with E-state index in [0.29, 0.717) is 70.2 Å². The Kier molecular flexibility index (Phi) is 17.4. The fourth-order valence-corrected chi connectivity index (χ4v) is 16.7. The molecule has 11 aromatic rings. The van der Waals surface area contributed by atoms with Gasteiger partial charge in [0.15, 0.2) is 0 Å². The second-order valence-corrected chi connectivity index (χ2v) is 29.1. The van der Waals surface area contributed by atoms with Gasteiger partial charge in [-0.1, -0.05) is 196 Å². The molecule has 0 aliphatic rings. The van der Waals surface area contributed by atoms with Gasteiger partial charge >= 0.3 is 55.8 Å². The summed E-state index contributed by atoms with van der Waals surface area (Å²) >= 11 is 15.2. The maximum absolute atomic E-state index is 16.1. The number of benzene rings is 7. The molecule has 0 amide bonds. The molecule has 0 saturated heterocycles. The van der Waals surface area contributed by atoms with Crippen molar-refractivity contribution in [1.82, 2.24) is 23.1 Å². The second-order valence-electron chi connectivity index (χ2n) is 21.0. The van der Waals surface area contributed by atoms with Crippen LogP contribution in [-0.4, -0.2) is 79.8 Å². The molecule has 11 rings (SSSR count). The molecule has 0 atom stereocenters. The number of thiazole rings is 2. The molecule has 0 radical (unpaired) electrons. The zero-order valence-corrected chi connectivity index (χ0v) is 52.9. The Hall–Kier alpha value is -8.45. The van der Waals surface area contributed by atoms with Gasteiger partial charge in [-0.2, -0.15) is 58.5 Å². The van der Waals surface area contributed by atoms with Crippen LogP contribution < -0.4 is 40.9 Å². The van der Waals surface area contributed by atoms with Gasteiger partial charge in [-0.3, -0.25) is 0 Å². The van der Waals surface area contributed by atoms with Crippen molar-refractivity contribution in [2.45, 2.75) is 41.7 Å². The second kappa shape index (κ2) is 24.5. The van der Waals surface area contributed by atoms with Crippen molar-refractivity contribution in [1.29, 1.82) is 10.5 Å². The van der Waals surface area contributed by atoms with Crippen LogP contribution in [0, 0.1) is 22.7 Å². The Morgan fingerprint density at radius 3 is 1.38 bits per heavy atom. The molecule has 0 aliphatic heterocycles. The number of halogens is 11. The molecular weight excluding hydrogens is 1370 g/mol. The summed E-state index contributed by atoms with van der Waals surface area (Å²) in [5.74, 6) is -9.85. The third kappa shape index (κ3) is 11.5. The van der Waals surface area contributed by atoms with E-state index in [-0.39, 0.29) is 53.9 Å². The SMILES string of the molecule is CC(C)c1c2/c(=C(\C#N)c3nc4ccc(Cl)cc4s3)n(B(c3ccccc3)c3ccccc3)c(-c3cccc(OS(=O)(=O)C(F)(F)C(F)(F)C(F)(F)S(=O)(=O)NS(=O)(=O)C(F)(F)F)c3)c2/c(=C(\C#N)c2nc3ccc(Cl)cc3s2)n1B(c1ccccc1)c1ccccc1. The largest absolute Gasteiger partial charge is 0.512 e. The zero-order chi connectivity index (χ0) is 67.0. The average Bonchev–Trinajstić information content (AvgIpc) is 1.63. The van der Waals surface area contributed by atoms with Crippen LogP contribution in [-0.2, 0) is 30.2 Å². The fraction of sp³-hybridized carbons (Fsp3) is 0.115. The number of nitriles is 2. The van der Waals surface area contributed by atoms with E-state index < -0.39 is 81.6 Å². The van der Waals surface area contributed by atoms with Crippen molar-refractivity contribution in [2.24, 2.45) is 0 Å². The predicted octanol–water partition coefficient (Wildman–Crippen LogP) is 10.8. The van der Waals surface area contributed by atoms with Gasteiger partial charge in [-0.05, 0) is 54.4 Å². The molecule has 93 heavy (non-hydrogen) atoms. The number of hydrogen-bond donors (Lipinski definition) is 1. The highest BCUT2D eigenvalue weighted by Crippen LogP contribution is 2.52. The van der Waals surface area contributed by atoms with Crippen molar-refractivity contribution in [3.63, 3.8) is 0 Å². The molecule has 0 bridgehead atoms. The normalized spacial score (nSPS) is 13.5. The predicted molar refractivity (Wildman–Crippen MR) is 342 cm³/mol. The molecule has 4 heterocycles. The van der Waals surface area contributed by atoms with Crippen LogP contribution in [0.2, 0.25) is 10.0 Å². The molecule has 0 fully saturated rings. The summed E-state index contributed by atoms with van der Waals surface area (Å²) < 4.78 is 218. The number of aromatic nitrogens is 4. The summed E-state index contributed by atoms with van der Waals surface area (Å²) in [7, 11) is -23.4. The summed E-state index contributed by atoms with van der Waals surface area (Å²) in [5, 5.41) is 10.3. The number of nitrogens with one attached hydrogen (secondary N) is 1. The molecule has 472 valence electrons. The lowest BCUT2D eigenvalue weighted by atomic mass is 9.50. The van der Waals surface area contributed by atoms with Gasteiger partial charge in [-0.15, -0.1) is 22.7 Å². The van der Waals surface area contributed by atoms with Crippen LogP contribution in [0.1, 0.15) is 35.5 Å². The first-order valence-electron chi connectivity index (χ1n) is 27.1. The van der Waals surface area contributed by atoms with Gasteiger partial charge < -0.3 is 13.1 Å². The lowest BCUT2D eigenvalue weighted by Gasteiger charge is -2.31. The van der Waals surface area contributed by atoms with Crippen molar-refractivity contribution in [3.8, 4) is 29.1 Å². The van der Waals surface area contributed by atoms with Crippen molar-refractivity contribution in [3.05, 3.63) is 218 Å². The summed E-state index contributed by atoms with van der Waals surface area (Å²) in [5.41, 5.74) is -3.96. The highest BCUT2D eigenvalue weighted by atomic mass is 35.5. The number of hydrogen-bond acceptors (Lipinski definition) is 13. The summed E-state index contributed by atoms with van der Waals surface area (Å²) in [6.07, 6.45) is 0. The van der Waals surface area contributed by atoms with Crippen LogP contribution in [0.25, 0.3) is 53.6 Å². The van der Waals surface area contributed by atoms with E-state index in [1.807, 2.05) is 42.6 Å². The number of alkyl halides is 9. The van der Waals surface area contributed by atoms with Crippen molar-refractivity contribution < 1.29 is 69.0 Å². The Balaban J connectivity index is 1.35. The lowest BCUT2D eigenvalue weighted by Crippen LogP contribution is -2.64. The van der Waals surface area contributed by atoms with Crippen molar-refractivity contribution >= 4 is 154 Å². The summed E-state index contributed by atoms with van der Waals surface area (Å²) in [6.45, 7) is 1.63. The molecule has 32 heteroatoms. The van der Waals surface area contributed by atoms with Gasteiger partial charge in [0, 0.05) is 37.8 Å². The molecule has 14 nitrogen and oxygen atoms in total. The van der Waals surface area contributed by atoms with Gasteiger partial charge in [0.2, 0.25) is 0 Å². The minimum absolute atomic E-state index is 0.0659. The molecular formula is C61H38B2Cl2F9N7O7S5. The highest BCUT2D eigenvalue weighted by molar-refractivity contribution is 8.05. The summed E-state index contributed by atoms with van der Waals surface area (Å²) in [4.78, 5) is 9.94. The smallest absolute Gasteiger partial charge is 0.378 e. The van der Waals surface area contributed by atoms with E-state index in [1.165, 1.54) is 6.07 Å². The zero-order valence-electron chi connectivity index (χ0n) is 47.3. The lowest BCUT2D eigenvalue weighted by molar-refractivity contribution is -0.245. The Morgan fingerprint density at radius 2 is 0.968 bits per heavy atom. The van der Waals surface area contributed by atoms with Crippen LogP contribution in [0.3, 0.4) is 0 Å². The van der Waals surface area contributed by atoms with E-state index >= 15 is 26.3 Å². The number of sulfonamides is 2. The number of rotatable bonds is 18. The molecule has 7 aromatic carbocycles. The van der Waals surface area contributed by atoms with E-state index in [9.17, 15) is 48.9 Å². The molecule has 0 unspecified atom stereocenters. The summed E-state index contributed by atoms with van der Waals surface area (Å²) in [6, 6.07) is 53.5. The minimum atomic E-state index is -8.14. The topological polar surface area (TPSA) is 207 Å². The molecule has 0 spiro atoms. The van der Waals surface area contributed by atoms with Crippen LogP contribution in [0.5, 0.6) is 5.75 Å². The van der Waals surface area contributed by atoms with Gasteiger partial charge in [0.05, 0.1) is 31.1 Å². The Morgan fingerprint density at radius 1 is 0.548 bits per heavy atom. The highest BCUT2D eigenvalue weighted by Gasteiger charge is 2.83. The Bertz CT molecular complexity index is 5190. The number of fused-ring (bicyclic) bond motifs is 3. The van der Waals surface area contributed by atoms with E-state index in [1.54, 1.807) is 138 Å². The van der Waals surface area contributed by atoms with Crippen molar-refractivity contribution in [2.75, 3.05) is 0 Å². The fourth-order valence-electron chi connectivity index (χ4n) is 10.8. The maximum Gasteiger partial charge on any atom is 0.512 e. The third-order valence-corrected chi connectivity index (χ3v) is 21.9. The standard InChI is InChI=1S/C61H38B2Cl2F9N7O7S5/c1-35(2)52-50-51(55(45(34-76)57-78-47-29-27-42(65)32-49(47)90-57)80(52)62(37-17-7-3-8-18-37)38-19-9-4-10-20-38)53(36-16-15-25-43(30-36)88-93(86,87)60(70,71)58(66,67)59(68,69)91(82,83)79-92(84,85)61(72,73)74)81(63(39-21-11-5-12-22-39)40-23-13-6-14-24-40)54(50)44(33-75)56-77-46-28-26-41(64)31-48(46)89-56/h3-32,35,79H,1-2H3/b54-44-,55-45-. The van der Waals surface area contributed by atoms with E-state index in [0.717, 1.165) is 28.7 Å². The molecule has 4 aromatic heterocycles. The van der Waals surface area contributed by atoms with E-state index in [2.05, 4.69) is 16.3 Å². The number of nitrogens with zero attached hydrogens (tertiary/aromatic N) is 6. The average molecular weight is 1400 g/mol. The van der Waals surface area contributed by atoms with Crippen LogP contribution >= 0.6 is 45.9 Å². The van der Waals surface area contributed by atoms with Crippen LogP contribution in [0.4, 0.5) is 39.5 Å². The third-order valence-electron chi connectivity index (χ3n) is 14.8. The first-order valence-corrected chi connectivity index (χ1v) is 33.8. The van der Waals surface area contributed by atoms with Gasteiger partial charge in [0.25, 0.3) is 10.0 Å². The first kappa shape index (κ1) is 66.0. The van der Waals surface area contributed by atoms with E-state index in [4.69, 9.17) is 33.2 Å². The maximum atomic E-state index is 16.1.